The molecule has 0 radical (unpaired) electrons. The van der Waals surface area contributed by atoms with Gasteiger partial charge in [-0.05, 0) is 12.5 Å². The molecule has 0 saturated carbocycles. The monoisotopic (exact) mass is 179 g/mol. The first-order valence-electron chi connectivity index (χ1n) is 4.28. The molecule has 0 spiro atoms. The molecule has 1 aromatic heterocycles. The molecule has 3 nitrogen and oxygen atoms in total. The molecule has 0 aromatic carbocycles. The topological polar surface area (TPSA) is 33.0 Å². The highest BCUT2D eigenvalue weighted by Crippen LogP contribution is 2.00. The number of nitrogens with one attached hydrogen (secondary N) is 1. The number of nitrogens with zero attached hydrogens (tertiary/aromatic N) is 1. The largest absolute Gasteiger partial charge is 0.271 e. The summed E-state index contributed by atoms with van der Waals surface area (Å²) in [5.41, 5.74) is 6.02. The van der Waals surface area contributed by atoms with E-state index in [9.17, 15) is 4.79 Å². The van der Waals surface area contributed by atoms with Crippen LogP contribution in [0.1, 0.15) is 23.9 Å². The highest BCUT2D eigenvalue weighted by molar-refractivity contribution is 5.79. The van der Waals surface area contributed by atoms with E-state index < -0.39 is 0 Å². The van der Waals surface area contributed by atoms with Crippen molar-refractivity contribution in [2.45, 2.75) is 27.7 Å². The molecule has 0 saturated heterocycles. The molecular formula is C10H15N2O+. The SMILES string of the molecule is CC(=O)N[n+]1c(C)cc(C)cc1C. The minimum atomic E-state index is -0.0555. The second-order valence-electron chi connectivity index (χ2n) is 3.32. The summed E-state index contributed by atoms with van der Waals surface area (Å²) in [5.74, 6) is -0.0555. The molecule has 0 aliphatic rings. The van der Waals surface area contributed by atoms with Gasteiger partial charge in [0.25, 0.3) is 5.91 Å². The Morgan fingerprint density at radius 3 is 2.08 bits per heavy atom. The lowest BCUT2D eigenvalue weighted by Crippen LogP contribution is -2.52. The summed E-state index contributed by atoms with van der Waals surface area (Å²) in [6.45, 7) is 7.48. The van der Waals surface area contributed by atoms with Crippen LogP contribution < -0.4 is 10.1 Å². The van der Waals surface area contributed by atoms with E-state index in [4.69, 9.17) is 0 Å². The van der Waals surface area contributed by atoms with Crippen LogP contribution in [0.4, 0.5) is 0 Å². The molecule has 0 aliphatic carbocycles. The predicted octanol–water partition coefficient (Wildman–Crippen LogP) is 0.989. The van der Waals surface area contributed by atoms with Crippen molar-refractivity contribution in [1.82, 2.24) is 0 Å². The van der Waals surface area contributed by atoms with E-state index in [1.54, 1.807) is 4.68 Å². The van der Waals surface area contributed by atoms with Crippen LogP contribution in [0.25, 0.3) is 0 Å². The van der Waals surface area contributed by atoms with Crippen molar-refractivity contribution in [2.75, 3.05) is 5.43 Å². The number of aryl methyl sites for hydroxylation is 3. The zero-order chi connectivity index (χ0) is 10.0. The van der Waals surface area contributed by atoms with E-state index in [2.05, 4.69) is 5.43 Å². The third-order valence-corrected chi connectivity index (χ3v) is 1.85. The third-order valence-electron chi connectivity index (χ3n) is 1.85. The Kier molecular flexibility index (Phi) is 2.66. The fourth-order valence-electron chi connectivity index (χ4n) is 1.44. The summed E-state index contributed by atoms with van der Waals surface area (Å²) in [5, 5.41) is 0. The van der Waals surface area contributed by atoms with Gasteiger partial charge in [0.05, 0.1) is 0 Å². The summed E-state index contributed by atoms with van der Waals surface area (Å²) in [4.78, 5) is 10.9. The first-order valence-corrected chi connectivity index (χ1v) is 4.28. The van der Waals surface area contributed by atoms with E-state index >= 15 is 0 Å². The van der Waals surface area contributed by atoms with E-state index in [0.29, 0.717) is 0 Å². The van der Waals surface area contributed by atoms with Gasteiger partial charge in [0.1, 0.15) is 0 Å². The Hall–Kier alpha value is -1.38. The average molecular weight is 179 g/mol. The minimum absolute atomic E-state index is 0.0555. The van der Waals surface area contributed by atoms with Gasteiger partial charge in [0.2, 0.25) is 11.4 Å². The number of carbonyl (C=O) groups excluding carboxylic acids is 1. The summed E-state index contributed by atoms with van der Waals surface area (Å²) < 4.78 is 1.79. The molecule has 3 heteroatoms. The van der Waals surface area contributed by atoms with Crippen LogP contribution in [0.3, 0.4) is 0 Å². The van der Waals surface area contributed by atoms with Gasteiger partial charge in [-0.25, -0.2) is 0 Å². The van der Waals surface area contributed by atoms with E-state index in [0.717, 1.165) is 11.4 Å². The van der Waals surface area contributed by atoms with Gasteiger partial charge in [-0.15, -0.1) is 5.43 Å². The molecule has 1 N–H and O–H groups in total. The Bertz CT molecular complexity index is 322. The Morgan fingerprint density at radius 1 is 1.23 bits per heavy atom. The molecule has 1 heterocycles. The van der Waals surface area contributed by atoms with Crippen LogP contribution >= 0.6 is 0 Å². The van der Waals surface area contributed by atoms with Crippen LogP contribution in [0.5, 0.6) is 0 Å². The lowest BCUT2D eigenvalue weighted by atomic mass is 10.2. The summed E-state index contributed by atoms with van der Waals surface area (Å²) in [6.07, 6.45) is 0. The fraction of sp³-hybridized carbons (Fsp3) is 0.400. The van der Waals surface area contributed by atoms with Gasteiger partial charge in [-0.1, -0.05) is 4.68 Å². The van der Waals surface area contributed by atoms with Gasteiger partial charge in [-0.2, -0.15) is 0 Å². The first-order chi connectivity index (χ1) is 6.00. The lowest BCUT2D eigenvalue weighted by Gasteiger charge is -2.03. The molecule has 0 unspecified atom stereocenters. The number of carbonyl (C=O) groups is 1. The molecule has 1 rings (SSSR count). The average Bonchev–Trinajstić information content (AvgIpc) is 1.96. The van der Waals surface area contributed by atoms with Crippen molar-refractivity contribution in [3.63, 3.8) is 0 Å². The van der Waals surface area contributed by atoms with Gasteiger partial charge in [0, 0.05) is 32.9 Å². The molecule has 0 aliphatic heterocycles. The van der Waals surface area contributed by atoms with Gasteiger partial charge in [-0.3, -0.25) is 4.79 Å². The van der Waals surface area contributed by atoms with Crippen molar-refractivity contribution >= 4 is 5.91 Å². The van der Waals surface area contributed by atoms with Crippen LogP contribution in [-0.2, 0) is 4.79 Å². The van der Waals surface area contributed by atoms with Crippen molar-refractivity contribution in [2.24, 2.45) is 0 Å². The van der Waals surface area contributed by atoms with Crippen LogP contribution in [0, 0.1) is 20.8 Å². The summed E-state index contributed by atoms with van der Waals surface area (Å²) >= 11 is 0. The highest BCUT2D eigenvalue weighted by atomic mass is 16.2. The normalized spacial score (nSPS) is 9.85. The molecule has 1 amide bonds. The van der Waals surface area contributed by atoms with E-state index in [1.165, 1.54) is 12.5 Å². The first kappa shape index (κ1) is 9.71. The maximum absolute atomic E-state index is 10.9. The molecule has 70 valence electrons. The van der Waals surface area contributed by atoms with E-state index in [1.807, 2.05) is 32.9 Å². The Labute approximate surface area is 78.4 Å². The number of amides is 1. The van der Waals surface area contributed by atoms with Crippen LogP contribution in [-0.4, -0.2) is 5.91 Å². The van der Waals surface area contributed by atoms with E-state index in [-0.39, 0.29) is 5.91 Å². The molecule has 13 heavy (non-hydrogen) atoms. The fourth-order valence-corrected chi connectivity index (χ4v) is 1.44. The molecule has 1 aromatic rings. The summed E-state index contributed by atoms with van der Waals surface area (Å²) in [6, 6.07) is 4.06. The number of rotatable bonds is 1. The van der Waals surface area contributed by atoms with Gasteiger partial charge < -0.3 is 0 Å². The zero-order valence-corrected chi connectivity index (χ0v) is 8.51. The van der Waals surface area contributed by atoms with Crippen LogP contribution in [0.15, 0.2) is 12.1 Å². The smallest absolute Gasteiger partial charge is 0.270 e. The quantitative estimate of drug-likeness (QED) is 0.641. The third kappa shape index (κ3) is 2.28. The maximum atomic E-state index is 10.9. The van der Waals surface area contributed by atoms with Crippen molar-refractivity contribution in [1.29, 1.82) is 0 Å². The highest BCUT2D eigenvalue weighted by Gasteiger charge is 2.12. The molecule has 0 fully saturated rings. The second kappa shape index (κ2) is 3.56. The zero-order valence-electron chi connectivity index (χ0n) is 8.51. The number of hydrogen-bond donors (Lipinski definition) is 1. The van der Waals surface area contributed by atoms with Gasteiger partial charge in [0.15, 0.2) is 0 Å². The van der Waals surface area contributed by atoms with Crippen molar-refractivity contribution < 1.29 is 9.47 Å². The van der Waals surface area contributed by atoms with Gasteiger partial charge >= 0.3 is 0 Å². The number of hydrogen-bond acceptors (Lipinski definition) is 1. The Balaban J connectivity index is 3.13. The predicted molar refractivity (Wildman–Crippen MR) is 50.9 cm³/mol. The molecular weight excluding hydrogens is 164 g/mol. The Morgan fingerprint density at radius 2 is 1.69 bits per heavy atom. The molecule has 0 atom stereocenters. The van der Waals surface area contributed by atoms with Crippen LogP contribution in [0.2, 0.25) is 0 Å². The standard InChI is InChI=1S/C10H14N2O/c1-7-5-8(2)12(9(3)6-7)11-10(4)13/h5-6H,1-4H3/p+1. The maximum Gasteiger partial charge on any atom is 0.271 e. The molecule has 0 bridgehead atoms. The van der Waals surface area contributed by atoms with Crippen molar-refractivity contribution in [3.05, 3.63) is 29.1 Å². The number of aromatic nitrogens is 1. The minimum Gasteiger partial charge on any atom is -0.270 e. The second-order valence-corrected chi connectivity index (χ2v) is 3.32. The lowest BCUT2D eigenvalue weighted by molar-refractivity contribution is -0.655. The number of pyridine rings is 1. The summed E-state index contributed by atoms with van der Waals surface area (Å²) in [7, 11) is 0. The van der Waals surface area contributed by atoms with Crippen molar-refractivity contribution in [3.8, 4) is 0 Å².